The van der Waals surface area contributed by atoms with Gasteiger partial charge >= 0.3 is 0 Å². The number of hydrogen-bond donors (Lipinski definition) is 0. The Balaban J connectivity index is 1.14. The third kappa shape index (κ3) is 6.56. The van der Waals surface area contributed by atoms with Crippen LogP contribution in [0.5, 0.6) is 0 Å². The molecular weight excluding hydrogens is 870 g/mol. The van der Waals surface area contributed by atoms with E-state index < -0.39 is 0 Å². The smallest absolute Gasteiger partial charge is 0.252 e. The van der Waals surface area contributed by atoms with Crippen LogP contribution in [0.25, 0.3) is 11.1 Å². The molecule has 1 unspecified atom stereocenters. The number of nitrogens with zero attached hydrogens (tertiary/aromatic N) is 3. The van der Waals surface area contributed by atoms with Crippen LogP contribution >= 0.6 is 0 Å². The molecule has 0 saturated carbocycles. The highest BCUT2D eigenvalue weighted by Crippen LogP contribution is 2.56. The second kappa shape index (κ2) is 15.6. The molecule has 0 N–H and O–H groups in total. The number of para-hydroxylation sites is 2. The van der Waals surface area contributed by atoms with Crippen molar-refractivity contribution in [2.45, 2.75) is 129 Å². The van der Waals surface area contributed by atoms with Gasteiger partial charge in [0.05, 0.1) is 5.69 Å². The first-order chi connectivity index (χ1) is 34.4. The van der Waals surface area contributed by atoms with Crippen molar-refractivity contribution in [1.29, 1.82) is 0 Å². The first-order valence-electron chi connectivity index (χ1n) is 26.8. The number of fused-ring (bicyclic) bond motifs is 9. The molecule has 0 spiro atoms. The van der Waals surface area contributed by atoms with Crippen molar-refractivity contribution in [2.24, 2.45) is 0 Å². The molecule has 8 aromatic rings. The van der Waals surface area contributed by atoms with Gasteiger partial charge in [0.15, 0.2) is 0 Å². The second-order valence-electron chi connectivity index (χ2n) is 24.8. The molecule has 1 atom stereocenters. The number of aryl methyl sites for hydroxylation is 2. The molecule has 0 amide bonds. The molecule has 3 aliphatic carbocycles. The van der Waals surface area contributed by atoms with E-state index in [1.54, 1.807) is 0 Å². The summed E-state index contributed by atoms with van der Waals surface area (Å²) in [6.07, 6.45) is 4.70. The first kappa shape index (κ1) is 45.1. The summed E-state index contributed by atoms with van der Waals surface area (Å²) in [5, 5.41) is 0. The Morgan fingerprint density at radius 3 is 1.78 bits per heavy atom. The minimum absolute atomic E-state index is 0.00658. The normalized spacial score (nSPS) is 18.8. The maximum atomic E-state index is 2.70. The third-order valence-electron chi connectivity index (χ3n) is 18.4. The molecule has 13 rings (SSSR count). The van der Waals surface area contributed by atoms with Crippen LogP contribution in [0.2, 0.25) is 0 Å². The van der Waals surface area contributed by atoms with Gasteiger partial charge in [-0.25, -0.2) is 0 Å². The maximum absolute atomic E-state index is 2.70. The summed E-state index contributed by atoms with van der Waals surface area (Å²) in [4.78, 5) is 7.85. The van der Waals surface area contributed by atoms with E-state index in [0.717, 1.165) is 17.8 Å². The van der Waals surface area contributed by atoms with Gasteiger partial charge in [0, 0.05) is 57.0 Å². The van der Waals surface area contributed by atoms with Gasteiger partial charge in [-0.1, -0.05) is 153 Å². The van der Waals surface area contributed by atoms with Crippen molar-refractivity contribution in [3.63, 3.8) is 0 Å². The van der Waals surface area contributed by atoms with E-state index in [0.29, 0.717) is 5.92 Å². The molecule has 8 aromatic carbocycles. The van der Waals surface area contributed by atoms with Crippen molar-refractivity contribution >= 4 is 74.3 Å². The predicted octanol–water partition coefficient (Wildman–Crippen LogP) is 16.7. The molecule has 358 valence electrons. The van der Waals surface area contributed by atoms with E-state index in [1.807, 2.05) is 0 Å². The molecule has 0 saturated heterocycles. The Bertz CT molecular complexity index is 3560. The van der Waals surface area contributed by atoms with Crippen LogP contribution in [0.4, 0.5) is 51.2 Å². The van der Waals surface area contributed by atoms with Gasteiger partial charge in [0.1, 0.15) is 0 Å². The lowest BCUT2D eigenvalue weighted by atomic mass is 9.33. The van der Waals surface area contributed by atoms with Crippen molar-refractivity contribution in [1.82, 2.24) is 0 Å². The van der Waals surface area contributed by atoms with Crippen molar-refractivity contribution in [3.05, 3.63) is 202 Å². The average molecular weight is 938 g/mol. The van der Waals surface area contributed by atoms with Crippen LogP contribution < -0.4 is 31.1 Å². The van der Waals surface area contributed by atoms with Crippen molar-refractivity contribution in [2.75, 3.05) is 14.7 Å². The van der Waals surface area contributed by atoms with Gasteiger partial charge in [-0.05, 0) is 194 Å². The average Bonchev–Trinajstić information content (AvgIpc) is 3.66. The van der Waals surface area contributed by atoms with Gasteiger partial charge < -0.3 is 14.7 Å². The zero-order valence-corrected chi connectivity index (χ0v) is 44.3. The highest BCUT2D eigenvalue weighted by atomic mass is 15.2. The Morgan fingerprint density at radius 1 is 0.458 bits per heavy atom. The van der Waals surface area contributed by atoms with E-state index in [-0.39, 0.29) is 28.4 Å². The Hall–Kier alpha value is -6.78. The summed E-state index contributed by atoms with van der Waals surface area (Å²) >= 11 is 0. The fraction of sp³-hybridized carbons (Fsp3) is 0.294. The first-order valence-corrected chi connectivity index (χ1v) is 26.8. The quantitative estimate of drug-likeness (QED) is 0.159. The van der Waals surface area contributed by atoms with Crippen LogP contribution in [-0.2, 0) is 21.7 Å². The molecule has 72 heavy (non-hydrogen) atoms. The fourth-order valence-corrected chi connectivity index (χ4v) is 14.1. The molecule has 3 nitrogen and oxygen atoms in total. The second-order valence-corrected chi connectivity index (χ2v) is 24.8. The van der Waals surface area contributed by atoms with Gasteiger partial charge in [-0.3, -0.25) is 0 Å². The maximum Gasteiger partial charge on any atom is 0.252 e. The molecule has 5 aliphatic rings. The van der Waals surface area contributed by atoms with E-state index in [1.165, 1.54) is 131 Å². The largest absolute Gasteiger partial charge is 0.311 e. The molecule has 0 radical (unpaired) electrons. The molecule has 2 aliphatic heterocycles. The summed E-state index contributed by atoms with van der Waals surface area (Å²) in [6, 6.07) is 61.3. The van der Waals surface area contributed by atoms with Crippen LogP contribution in [0, 0.1) is 13.8 Å². The number of hydrogen-bond acceptors (Lipinski definition) is 3. The number of benzene rings is 8. The summed E-state index contributed by atoms with van der Waals surface area (Å²) in [5.74, 6) is 0.292. The Morgan fingerprint density at radius 2 is 1.06 bits per heavy atom. The van der Waals surface area contributed by atoms with Crippen LogP contribution in [0.15, 0.2) is 158 Å². The highest BCUT2D eigenvalue weighted by Gasteiger charge is 2.48. The molecule has 2 heterocycles. The van der Waals surface area contributed by atoms with E-state index in [2.05, 4.69) is 249 Å². The van der Waals surface area contributed by atoms with E-state index >= 15 is 0 Å². The van der Waals surface area contributed by atoms with Gasteiger partial charge in [-0.2, -0.15) is 0 Å². The number of anilines is 9. The van der Waals surface area contributed by atoms with Gasteiger partial charge in [-0.15, -0.1) is 0 Å². The molecule has 4 heteroatoms. The summed E-state index contributed by atoms with van der Waals surface area (Å²) in [7, 11) is 0. The Labute approximate surface area is 429 Å². The van der Waals surface area contributed by atoms with E-state index in [9.17, 15) is 0 Å². The molecule has 0 fully saturated rings. The van der Waals surface area contributed by atoms with Crippen molar-refractivity contribution in [3.8, 4) is 11.1 Å². The molecule has 0 bridgehead atoms. The highest BCUT2D eigenvalue weighted by molar-refractivity contribution is 7.00. The monoisotopic (exact) mass is 938 g/mol. The number of rotatable bonds is 5. The summed E-state index contributed by atoms with van der Waals surface area (Å²) < 4.78 is 0. The minimum atomic E-state index is -0.00658. The molecule has 0 aromatic heterocycles. The standard InChI is InChI=1S/C68H68BN3/c1-42-36-61-64-62(37-42)72(58-27-19-25-49-44(3)48-23-16-17-24-50(48)63(49)58)59-39-47(70(45-21-13-12-14-22-45)57-26-18-15-20-43(57)2)29-31-55(59)69(64)56-40-53-54(68(10,11)35-34-67(53,8)9)41-60(56)71(61)46-28-30-51-52(38-46)66(6,7)33-32-65(51,4)5/h12-31,36-41,44H,32-35H2,1-11H3. The third-order valence-corrected chi connectivity index (χ3v) is 18.4. The summed E-state index contributed by atoms with van der Waals surface area (Å²) in [5.41, 5.74) is 29.4. The zero-order chi connectivity index (χ0) is 49.8. The summed E-state index contributed by atoms with van der Waals surface area (Å²) in [6.45, 7) is 26.7. The van der Waals surface area contributed by atoms with Gasteiger partial charge in [0.25, 0.3) is 6.71 Å². The van der Waals surface area contributed by atoms with Crippen molar-refractivity contribution < 1.29 is 0 Å². The van der Waals surface area contributed by atoms with E-state index in [4.69, 9.17) is 0 Å². The van der Waals surface area contributed by atoms with Gasteiger partial charge in [0.2, 0.25) is 0 Å². The molecular formula is C68H68BN3. The minimum Gasteiger partial charge on any atom is -0.311 e. The van der Waals surface area contributed by atoms with Crippen LogP contribution in [-0.4, -0.2) is 6.71 Å². The zero-order valence-electron chi connectivity index (χ0n) is 44.3. The fourth-order valence-electron chi connectivity index (χ4n) is 14.1. The predicted molar refractivity (Wildman–Crippen MR) is 308 cm³/mol. The SMILES string of the molecule is Cc1cc2c3c(c1)N(c1cccc4c1-c1ccccc1C4C)c1cc(N(c4ccccc4)c4ccccc4C)ccc1B3c1cc3c(cc1N2c1ccc2c(c1)C(C)(C)CCC2(C)C)C(C)(C)CCC3(C)C. The Kier molecular flexibility index (Phi) is 9.78. The van der Waals surface area contributed by atoms with Crippen LogP contribution in [0.3, 0.4) is 0 Å². The van der Waals surface area contributed by atoms with Crippen LogP contribution in [0.1, 0.15) is 138 Å². The lowest BCUT2D eigenvalue weighted by molar-refractivity contribution is 0.332. The lowest BCUT2D eigenvalue weighted by Gasteiger charge is -2.48. The lowest BCUT2D eigenvalue weighted by Crippen LogP contribution is -2.62. The topological polar surface area (TPSA) is 9.72 Å².